The molecule has 4 aromatic heterocycles. The predicted molar refractivity (Wildman–Crippen MR) is 113 cm³/mol. The molecule has 0 aliphatic heterocycles. The van der Waals surface area contributed by atoms with E-state index in [-0.39, 0.29) is 11.2 Å². The fourth-order valence-electron chi connectivity index (χ4n) is 3.72. The summed E-state index contributed by atoms with van der Waals surface area (Å²) in [6.45, 7) is 1.54. The molecule has 0 spiro atoms. The van der Waals surface area contributed by atoms with E-state index in [2.05, 4.69) is 19.9 Å². The lowest BCUT2D eigenvalue weighted by Crippen LogP contribution is -2.37. The third-order valence-electron chi connectivity index (χ3n) is 5.44. The van der Waals surface area contributed by atoms with Crippen LogP contribution in [-0.2, 0) is 27.2 Å². The fraction of sp³-hybridized carbons (Fsp3) is 0.474. The standard InChI is InChI=1S/C19H25N9O2/c1-25-17-14(18(29)26(2)19(25)30)27(12-24-17)8-6-4-3-5-7-9-28-11-23-13-15(20)21-10-22-16(13)28/h10-12H,3-9H2,1-2H3,(H2,20,21,22). The quantitative estimate of drug-likeness (QED) is 0.424. The highest BCUT2D eigenvalue weighted by Crippen LogP contribution is 2.15. The maximum atomic E-state index is 12.4. The zero-order chi connectivity index (χ0) is 21.3. The molecule has 0 atom stereocenters. The number of rotatable bonds is 8. The van der Waals surface area contributed by atoms with Gasteiger partial charge in [0.2, 0.25) is 0 Å². The maximum Gasteiger partial charge on any atom is 0.332 e. The summed E-state index contributed by atoms with van der Waals surface area (Å²) in [6.07, 6.45) is 10.0. The van der Waals surface area contributed by atoms with Crippen molar-refractivity contribution in [2.45, 2.75) is 45.2 Å². The summed E-state index contributed by atoms with van der Waals surface area (Å²) in [7, 11) is 3.12. The van der Waals surface area contributed by atoms with Crippen LogP contribution in [0.5, 0.6) is 0 Å². The highest BCUT2D eigenvalue weighted by molar-refractivity contribution is 5.81. The number of unbranched alkanes of at least 4 members (excludes halogenated alkanes) is 4. The van der Waals surface area contributed by atoms with Crippen molar-refractivity contribution in [2.75, 3.05) is 5.73 Å². The van der Waals surface area contributed by atoms with Gasteiger partial charge in [-0.05, 0) is 12.8 Å². The molecule has 4 rings (SSSR count). The third kappa shape index (κ3) is 3.46. The van der Waals surface area contributed by atoms with Crippen molar-refractivity contribution in [3.05, 3.63) is 39.8 Å². The fourth-order valence-corrected chi connectivity index (χ4v) is 3.72. The first-order valence-corrected chi connectivity index (χ1v) is 10.0. The van der Waals surface area contributed by atoms with Gasteiger partial charge in [0.1, 0.15) is 11.8 Å². The van der Waals surface area contributed by atoms with Gasteiger partial charge in [-0.2, -0.15) is 0 Å². The molecule has 0 amide bonds. The van der Waals surface area contributed by atoms with E-state index >= 15 is 0 Å². The zero-order valence-electron chi connectivity index (χ0n) is 17.2. The van der Waals surface area contributed by atoms with Crippen LogP contribution in [-0.4, -0.2) is 38.2 Å². The van der Waals surface area contributed by atoms with Crippen molar-refractivity contribution in [2.24, 2.45) is 14.1 Å². The minimum absolute atomic E-state index is 0.303. The van der Waals surface area contributed by atoms with Crippen LogP contribution >= 0.6 is 0 Å². The van der Waals surface area contributed by atoms with Gasteiger partial charge in [0.15, 0.2) is 22.6 Å². The summed E-state index contributed by atoms with van der Waals surface area (Å²) in [5, 5.41) is 0. The van der Waals surface area contributed by atoms with Crippen LogP contribution in [0.3, 0.4) is 0 Å². The lowest BCUT2D eigenvalue weighted by atomic mass is 10.1. The lowest BCUT2D eigenvalue weighted by molar-refractivity contribution is 0.540. The number of aromatic nitrogens is 8. The third-order valence-corrected chi connectivity index (χ3v) is 5.44. The van der Waals surface area contributed by atoms with Crippen molar-refractivity contribution < 1.29 is 0 Å². The van der Waals surface area contributed by atoms with Gasteiger partial charge in [-0.15, -0.1) is 0 Å². The Balaban J connectivity index is 1.27. The monoisotopic (exact) mass is 411 g/mol. The van der Waals surface area contributed by atoms with Gasteiger partial charge < -0.3 is 14.9 Å². The van der Waals surface area contributed by atoms with Crippen molar-refractivity contribution in [3.63, 3.8) is 0 Å². The minimum atomic E-state index is -0.363. The van der Waals surface area contributed by atoms with Gasteiger partial charge in [0, 0.05) is 27.2 Å². The smallest absolute Gasteiger partial charge is 0.332 e. The number of aryl methyl sites for hydroxylation is 3. The van der Waals surface area contributed by atoms with Crippen LogP contribution < -0.4 is 17.0 Å². The Kier molecular flexibility index (Phi) is 5.34. The van der Waals surface area contributed by atoms with E-state index < -0.39 is 0 Å². The van der Waals surface area contributed by atoms with E-state index in [1.54, 1.807) is 19.7 Å². The van der Waals surface area contributed by atoms with Crippen molar-refractivity contribution in [3.8, 4) is 0 Å². The SMILES string of the molecule is Cn1c(=O)c2c(ncn2CCCCCCCn2cnc3c(N)ncnc32)n(C)c1=O. The Hall–Kier alpha value is -3.50. The Bertz CT molecular complexity index is 1310. The first-order valence-electron chi connectivity index (χ1n) is 10.0. The van der Waals surface area contributed by atoms with E-state index in [9.17, 15) is 9.59 Å². The molecule has 4 aromatic rings. The van der Waals surface area contributed by atoms with Crippen molar-refractivity contribution >= 4 is 28.1 Å². The first kappa shape index (κ1) is 19.8. The van der Waals surface area contributed by atoms with Crippen LogP contribution in [0.1, 0.15) is 32.1 Å². The summed E-state index contributed by atoms with van der Waals surface area (Å²) in [6, 6.07) is 0. The lowest BCUT2D eigenvalue weighted by Gasteiger charge is -2.07. The Labute approximate surface area is 171 Å². The number of imidazole rings is 2. The van der Waals surface area contributed by atoms with E-state index in [1.165, 1.54) is 17.9 Å². The molecule has 0 saturated heterocycles. The molecular formula is C19H25N9O2. The molecule has 0 fully saturated rings. The molecule has 4 heterocycles. The van der Waals surface area contributed by atoms with Crippen LogP contribution in [0.25, 0.3) is 22.3 Å². The van der Waals surface area contributed by atoms with Crippen LogP contribution in [0.2, 0.25) is 0 Å². The topological polar surface area (TPSA) is 131 Å². The largest absolute Gasteiger partial charge is 0.382 e. The van der Waals surface area contributed by atoms with E-state index in [1.807, 2.05) is 9.13 Å². The van der Waals surface area contributed by atoms with E-state index in [0.29, 0.717) is 29.0 Å². The normalized spacial score (nSPS) is 11.7. The molecule has 0 aliphatic carbocycles. The Morgan fingerprint density at radius 3 is 2.23 bits per heavy atom. The van der Waals surface area contributed by atoms with Gasteiger partial charge >= 0.3 is 5.69 Å². The average molecular weight is 411 g/mol. The second-order valence-corrected chi connectivity index (χ2v) is 7.45. The van der Waals surface area contributed by atoms with E-state index in [4.69, 9.17) is 5.73 Å². The molecule has 30 heavy (non-hydrogen) atoms. The summed E-state index contributed by atoms with van der Waals surface area (Å²) in [5.74, 6) is 0.403. The number of fused-ring (bicyclic) bond motifs is 2. The molecule has 0 saturated carbocycles. The van der Waals surface area contributed by atoms with Crippen molar-refractivity contribution in [1.29, 1.82) is 0 Å². The highest BCUT2D eigenvalue weighted by Gasteiger charge is 2.13. The van der Waals surface area contributed by atoms with Gasteiger partial charge in [0.25, 0.3) is 5.56 Å². The Morgan fingerprint density at radius 1 is 0.800 bits per heavy atom. The second kappa shape index (κ2) is 8.09. The zero-order valence-corrected chi connectivity index (χ0v) is 17.2. The molecule has 0 aromatic carbocycles. The molecular weight excluding hydrogens is 386 g/mol. The van der Waals surface area contributed by atoms with Crippen LogP contribution in [0, 0.1) is 0 Å². The molecule has 2 N–H and O–H groups in total. The summed E-state index contributed by atoms with van der Waals surface area (Å²) in [5.41, 5.74) is 7.48. The van der Waals surface area contributed by atoms with Gasteiger partial charge in [-0.3, -0.25) is 13.9 Å². The van der Waals surface area contributed by atoms with Crippen molar-refractivity contribution in [1.82, 2.24) is 38.2 Å². The van der Waals surface area contributed by atoms with Crippen LogP contribution in [0.4, 0.5) is 5.82 Å². The van der Waals surface area contributed by atoms with Crippen LogP contribution in [0.15, 0.2) is 28.6 Å². The number of hydrogen-bond acceptors (Lipinski definition) is 7. The molecule has 0 unspecified atom stereocenters. The molecule has 0 aliphatic rings. The molecule has 11 heteroatoms. The molecule has 158 valence electrons. The molecule has 0 radical (unpaired) electrons. The number of nitrogens with zero attached hydrogens (tertiary/aromatic N) is 8. The number of nitrogen functional groups attached to an aromatic ring is 1. The summed E-state index contributed by atoms with van der Waals surface area (Å²) < 4.78 is 6.38. The summed E-state index contributed by atoms with van der Waals surface area (Å²) in [4.78, 5) is 41.2. The molecule has 11 nitrogen and oxygen atoms in total. The summed E-state index contributed by atoms with van der Waals surface area (Å²) >= 11 is 0. The predicted octanol–water partition coefficient (Wildman–Crippen LogP) is 0.806. The second-order valence-electron chi connectivity index (χ2n) is 7.45. The van der Waals surface area contributed by atoms with Gasteiger partial charge in [0.05, 0.1) is 12.7 Å². The molecule has 0 bridgehead atoms. The first-order chi connectivity index (χ1) is 14.5. The average Bonchev–Trinajstić information content (AvgIpc) is 3.35. The number of anilines is 1. The highest BCUT2D eigenvalue weighted by atomic mass is 16.2. The Morgan fingerprint density at radius 2 is 1.47 bits per heavy atom. The van der Waals surface area contributed by atoms with Gasteiger partial charge in [-0.1, -0.05) is 19.3 Å². The minimum Gasteiger partial charge on any atom is -0.382 e. The maximum absolute atomic E-state index is 12.4. The van der Waals surface area contributed by atoms with E-state index in [0.717, 1.165) is 48.9 Å². The van der Waals surface area contributed by atoms with Gasteiger partial charge in [-0.25, -0.2) is 24.7 Å². The number of hydrogen-bond donors (Lipinski definition) is 1. The number of nitrogens with two attached hydrogens (primary N) is 1.